The van der Waals surface area contributed by atoms with E-state index in [1.54, 1.807) is 0 Å². The van der Waals surface area contributed by atoms with Crippen LogP contribution >= 0.6 is 11.6 Å². The number of aliphatic hydroxyl groups excluding tert-OH is 1. The van der Waals surface area contributed by atoms with Gasteiger partial charge in [0, 0.05) is 17.5 Å². The van der Waals surface area contributed by atoms with Crippen LogP contribution in [0.4, 0.5) is 0 Å². The summed E-state index contributed by atoms with van der Waals surface area (Å²) in [5, 5.41) is 10.9. The Morgan fingerprint density at radius 2 is 2.31 bits per heavy atom. The van der Waals surface area contributed by atoms with Crippen molar-refractivity contribution in [3.63, 3.8) is 0 Å². The average molecular weight is 241 g/mol. The predicted molar refractivity (Wildman–Crippen MR) is 64.7 cm³/mol. The van der Waals surface area contributed by atoms with Crippen LogP contribution in [0.1, 0.15) is 30.1 Å². The number of ether oxygens (including phenoxy) is 1. The number of aryl methyl sites for hydroxylation is 1. The third-order valence-electron chi connectivity index (χ3n) is 3.18. The van der Waals surface area contributed by atoms with Crippen molar-refractivity contribution in [2.24, 2.45) is 5.92 Å². The van der Waals surface area contributed by atoms with Gasteiger partial charge in [-0.2, -0.15) is 0 Å². The highest BCUT2D eigenvalue weighted by Gasteiger charge is 2.23. The molecule has 2 rings (SSSR count). The van der Waals surface area contributed by atoms with Crippen molar-refractivity contribution in [2.45, 2.75) is 25.9 Å². The van der Waals surface area contributed by atoms with Gasteiger partial charge < -0.3 is 9.84 Å². The molecule has 1 saturated heterocycles. The van der Waals surface area contributed by atoms with Crippen LogP contribution in [0.15, 0.2) is 18.2 Å². The van der Waals surface area contributed by atoms with Gasteiger partial charge in [0.25, 0.3) is 0 Å². The van der Waals surface area contributed by atoms with Gasteiger partial charge in [-0.1, -0.05) is 23.7 Å². The summed E-state index contributed by atoms with van der Waals surface area (Å²) in [5.74, 6) is 0.201. The van der Waals surface area contributed by atoms with Crippen molar-refractivity contribution in [1.29, 1.82) is 0 Å². The van der Waals surface area contributed by atoms with Gasteiger partial charge in [0.2, 0.25) is 0 Å². The predicted octanol–water partition coefficient (Wildman–Crippen LogP) is 3.11. The minimum Gasteiger partial charge on any atom is -0.388 e. The van der Waals surface area contributed by atoms with E-state index in [4.69, 9.17) is 16.3 Å². The highest BCUT2D eigenvalue weighted by Crippen LogP contribution is 2.30. The number of halogens is 1. The summed E-state index contributed by atoms with van der Waals surface area (Å²) < 4.78 is 5.39. The molecule has 0 spiro atoms. The maximum atomic E-state index is 10.2. The normalized spacial score (nSPS) is 23.1. The van der Waals surface area contributed by atoms with Crippen molar-refractivity contribution in [3.05, 3.63) is 34.3 Å². The highest BCUT2D eigenvalue weighted by molar-refractivity contribution is 6.31. The molecular weight excluding hydrogens is 224 g/mol. The third kappa shape index (κ3) is 2.57. The average Bonchev–Trinajstić information content (AvgIpc) is 2.33. The molecular formula is C13H17ClO2. The Balaban J connectivity index is 2.12. The van der Waals surface area contributed by atoms with Crippen LogP contribution in [0.2, 0.25) is 5.02 Å². The van der Waals surface area contributed by atoms with E-state index < -0.39 is 6.10 Å². The summed E-state index contributed by atoms with van der Waals surface area (Å²) in [4.78, 5) is 0. The van der Waals surface area contributed by atoms with E-state index in [-0.39, 0.29) is 5.92 Å². The van der Waals surface area contributed by atoms with Gasteiger partial charge in [-0.3, -0.25) is 0 Å². The number of aliphatic hydroxyl groups is 1. The number of hydrogen-bond acceptors (Lipinski definition) is 2. The van der Waals surface area contributed by atoms with Gasteiger partial charge in [-0.25, -0.2) is 0 Å². The van der Waals surface area contributed by atoms with Crippen LogP contribution < -0.4 is 0 Å². The molecule has 1 N–H and O–H groups in total. The molecule has 2 nitrogen and oxygen atoms in total. The molecule has 0 bridgehead atoms. The second-order valence-electron chi connectivity index (χ2n) is 4.43. The Labute approximate surface area is 101 Å². The van der Waals surface area contributed by atoms with E-state index in [1.807, 2.05) is 25.1 Å². The molecule has 16 heavy (non-hydrogen) atoms. The van der Waals surface area contributed by atoms with Crippen molar-refractivity contribution in [2.75, 3.05) is 13.2 Å². The van der Waals surface area contributed by atoms with Gasteiger partial charge in [-0.15, -0.1) is 0 Å². The van der Waals surface area contributed by atoms with E-state index in [2.05, 4.69) is 0 Å². The molecule has 1 heterocycles. The van der Waals surface area contributed by atoms with Gasteiger partial charge >= 0.3 is 0 Å². The molecule has 1 aliphatic rings. The maximum Gasteiger partial charge on any atom is 0.0840 e. The molecule has 88 valence electrons. The van der Waals surface area contributed by atoms with Crippen LogP contribution in [0.5, 0.6) is 0 Å². The second kappa shape index (κ2) is 5.17. The van der Waals surface area contributed by atoms with Crippen molar-refractivity contribution < 1.29 is 9.84 Å². The lowest BCUT2D eigenvalue weighted by atomic mass is 9.91. The molecule has 3 heteroatoms. The highest BCUT2D eigenvalue weighted by atomic mass is 35.5. The summed E-state index contributed by atoms with van der Waals surface area (Å²) in [6.45, 7) is 3.42. The first kappa shape index (κ1) is 11.9. The smallest absolute Gasteiger partial charge is 0.0840 e. The van der Waals surface area contributed by atoms with Crippen molar-refractivity contribution in [1.82, 2.24) is 0 Å². The van der Waals surface area contributed by atoms with Crippen molar-refractivity contribution in [3.8, 4) is 0 Å². The fraction of sp³-hybridized carbons (Fsp3) is 0.538. The standard InChI is InChI=1S/C13H17ClO2/c1-9-4-5-10(7-12(9)14)13(15)11-3-2-6-16-8-11/h4-5,7,11,13,15H,2-3,6,8H2,1H3. The summed E-state index contributed by atoms with van der Waals surface area (Å²) in [6, 6.07) is 5.75. The first-order chi connectivity index (χ1) is 7.68. The van der Waals surface area contributed by atoms with E-state index in [9.17, 15) is 5.11 Å². The molecule has 1 fully saturated rings. The first-order valence-corrected chi connectivity index (χ1v) is 6.08. The Bertz CT molecular complexity index is 359. The largest absolute Gasteiger partial charge is 0.388 e. The summed E-state index contributed by atoms with van der Waals surface area (Å²) in [5.41, 5.74) is 1.93. The quantitative estimate of drug-likeness (QED) is 0.861. The lowest BCUT2D eigenvalue weighted by molar-refractivity contribution is -0.00996. The first-order valence-electron chi connectivity index (χ1n) is 5.70. The minimum atomic E-state index is -0.460. The lowest BCUT2D eigenvalue weighted by Gasteiger charge is -2.27. The summed E-state index contributed by atoms with van der Waals surface area (Å²) in [6.07, 6.45) is 1.59. The minimum absolute atomic E-state index is 0.201. The van der Waals surface area contributed by atoms with Gasteiger partial charge in [0.05, 0.1) is 12.7 Å². The molecule has 0 radical (unpaired) electrons. The molecule has 1 aromatic rings. The SMILES string of the molecule is Cc1ccc(C(O)C2CCCOC2)cc1Cl. The van der Waals surface area contributed by atoms with Gasteiger partial charge in [0.1, 0.15) is 0 Å². The van der Waals surface area contributed by atoms with E-state index in [0.717, 1.165) is 30.6 Å². The number of hydrogen-bond donors (Lipinski definition) is 1. The number of rotatable bonds is 2. The lowest BCUT2D eigenvalue weighted by Crippen LogP contribution is -2.23. The monoisotopic (exact) mass is 240 g/mol. The molecule has 1 aromatic carbocycles. The Morgan fingerprint density at radius 3 is 2.94 bits per heavy atom. The summed E-state index contributed by atoms with van der Waals surface area (Å²) in [7, 11) is 0. The molecule has 0 amide bonds. The summed E-state index contributed by atoms with van der Waals surface area (Å²) >= 11 is 6.05. The zero-order valence-corrected chi connectivity index (χ0v) is 10.2. The van der Waals surface area contributed by atoms with E-state index in [1.165, 1.54) is 0 Å². The second-order valence-corrected chi connectivity index (χ2v) is 4.84. The molecule has 0 saturated carbocycles. The molecule has 1 aliphatic heterocycles. The van der Waals surface area contributed by atoms with E-state index in [0.29, 0.717) is 11.6 Å². The fourth-order valence-electron chi connectivity index (χ4n) is 2.08. The molecule has 0 aromatic heterocycles. The maximum absolute atomic E-state index is 10.2. The van der Waals surface area contributed by atoms with E-state index >= 15 is 0 Å². The Morgan fingerprint density at radius 1 is 1.50 bits per heavy atom. The Kier molecular flexibility index (Phi) is 3.85. The van der Waals surface area contributed by atoms with Crippen LogP contribution in [-0.2, 0) is 4.74 Å². The van der Waals surface area contributed by atoms with Crippen LogP contribution in [0.3, 0.4) is 0 Å². The third-order valence-corrected chi connectivity index (χ3v) is 3.59. The zero-order valence-electron chi connectivity index (χ0n) is 9.45. The van der Waals surface area contributed by atoms with Gasteiger partial charge in [-0.05, 0) is 37.0 Å². The molecule has 0 aliphatic carbocycles. The van der Waals surface area contributed by atoms with Crippen LogP contribution in [0.25, 0.3) is 0 Å². The topological polar surface area (TPSA) is 29.5 Å². The zero-order chi connectivity index (χ0) is 11.5. The van der Waals surface area contributed by atoms with Crippen molar-refractivity contribution >= 4 is 11.6 Å². The number of benzene rings is 1. The molecule has 2 atom stereocenters. The molecule has 2 unspecified atom stereocenters. The van der Waals surface area contributed by atoms with Gasteiger partial charge in [0.15, 0.2) is 0 Å². The Hall–Kier alpha value is -0.570. The van der Waals surface area contributed by atoms with Crippen LogP contribution in [0, 0.1) is 12.8 Å². The fourth-order valence-corrected chi connectivity index (χ4v) is 2.27. The van der Waals surface area contributed by atoms with Crippen LogP contribution in [-0.4, -0.2) is 18.3 Å².